The molecule has 2 atom stereocenters. The van der Waals surface area contributed by atoms with Gasteiger partial charge in [-0.2, -0.15) is 0 Å². The van der Waals surface area contributed by atoms with E-state index in [1.807, 2.05) is 45.0 Å². The Bertz CT molecular complexity index is 954. The Morgan fingerprint density at radius 1 is 1.13 bits per heavy atom. The molecule has 0 aliphatic carbocycles. The summed E-state index contributed by atoms with van der Waals surface area (Å²) in [5.41, 5.74) is 1.92. The molecule has 1 aliphatic rings. The number of ether oxygens (including phenoxy) is 2. The first-order chi connectivity index (χ1) is 14.1. The highest BCUT2D eigenvalue weighted by Crippen LogP contribution is 2.42. The molecule has 2 aromatic carbocycles. The zero-order valence-electron chi connectivity index (χ0n) is 17.4. The van der Waals surface area contributed by atoms with Crippen LogP contribution in [-0.2, 0) is 19.1 Å². The van der Waals surface area contributed by atoms with Gasteiger partial charge in [-0.3, -0.25) is 9.59 Å². The Labute approximate surface area is 186 Å². The lowest BCUT2D eigenvalue weighted by Gasteiger charge is -2.31. The Balaban J connectivity index is 2.20. The molecule has 1 heterocycles. The predicted octanol–water partition coefficient (Wildman–Crippen LogP) is 5.42. The van der Waals surface area contributed by atoms with Gasteiger partial charge in [0.1, 0.15) is 12.2 Å². The fourth-order valence-electron chi connectivity index (χ4n) is 3.51. The van der Waals surface area contributed by atoms with Gasteiger partial charge >= 0.3 is 5.97 Å². The zero-order chi connectivity index (χ0) is 22.1. The van der Waals surface area contributed by atoms with Gasteiger partial charge in [0.2, 0.25) is 0 Å². The number of anilines is 1. The first-order valence-electron chi connectivity index (χ1n) is 9.68. The first-order valence-corrected chi connectivity index (χ1v) is 10.4. The molecule has 2 aromatic rings. The molecular weight excluding hydrogens is 425 g/mol. The number of rotatable bonds is 4. The van der Waals surface area contributed by atoms with Crippen molar-refractivity contribution in [1.29, 1.82) is 0 Å². The van der Waals surface area contributed by atoms with Gasteiger partial charge in [0.15, 0.2) is 0 Å². The second kappa shape index (κ2) is 8.96. The summed E-state index contributed by atoms with van der Waals surface area (Å²) in [6.07, 6.45) is -1.89. The van der Waals surface area contributed by atoms with Crippen molar-refractivity contribution < 1.29 is 19.1 Å². The molecule has 3 rings (SSSR count). The molecule has 0 bridgehead atoms. The Kier molecular flexibility index (Phi) is 6.75. The molecule has 0 N–H and O–H groups in total. The van der Waals surface area contributed by atoms with E-state index in [0.29, 0.717) is 27.8 Å². The van der Waals surface area contributed by atoms with Gasteiger partial charge in [0.25, 0.3) is 5.91 Å². The average Bonchev–Trinajstić information content (AvgIpc) is 2.77. The molecule has 0 saturated heterocycles. The lowest BCUT2D eigenvalue weighted by Crippen LogP contribution is -2.44. The summed E-state index contributed by atoms with van der Waals surface area (Å²) >= 11 is 12.8. The molecule has 30 heavy (non-hydrogen) atoms. The van der Waals surface area contributed by atoms with Crippen molar-refractivity contribution in [3.05, 3.63) is 63.6 Å². The van der Waals surface area contributed by atoms with Crippen molar-refractivity contribution in [3.63, 3.8) is 0 Å². The van der Waals surface area contributed by atoms with E-state index in [9.17, 15) is 9.59 Å². The molecule has 7 heteroatoms. The van der Waals surface area contributed by atoms with Crippen LogP contribution in [0.4, 0.5) is 5.69 Å². The molecule has 160 valence electrons. The number of benzene rings is 2. The summed E-state index contributed by atoms with van der Waals surface area (Å²) < 4.78 is 11.1. The van der Waals surface area contributed by atoms with Crippen molar-refractivity contribution in [1.82, 2.24) is 0 Å². The Morgan fingerprint density at radius 3 is 2.47 bits per heavy atom. The summed E-state index contributed by atoms with van der Waals surface area (Å²) in [6.45, 7) is 6.57. The van der Waals surface area contributed by atoms with E-state index >= 15 is 0 Å². The monoisotopic (exact) mass is 449 g/mol. The van der Waals surface area contributed by atoms with Gasteiger partial charge in [0, 0.05) is 33.4 Å². The molecule has 5 nitrogen and oxygen atoms in total. The second-order valence-corrected chi connectivity index (χ2v) is 9.34. The van der Waals surface area contributed by atoms with Gasteiger partial charge in [-0.05, 0) is 29.7 Å². The maximum atomic E-state index is 13.5. The third-order valence-electron chi connectivity index (χ3n) is 4.80. The van der Waals surface area contributed by atoms with Gasteiger partial charge in [-0.1, -0.05) is 62.2 Å². The summed E-state index contributed by atoms with van der Waals surface area (Å²) in [5, 5.41) is 1.02. The third-order valence-corrected chi connectivity index (χ3v) is 5.38. The van der Waals surface area contributed by atoms with E-state index in [1.165, 1.54) is 7.11 Å². The zero-order valence-corrected chi connectivity index (χ0v) is 19.0. The highest BCUT2D eigenvalue weighted by Gasteiger charge is 2.39. The van der Waals surface area contributed by atoms with Crippen LogP contribution < -0.4 is 4.90 Å². The van der Waals surface area contributed by atoms with E-state index in [1.54, 1.807) is 23.1 Å². The van der Waals surface area contributed by atoms with Crippen LogP contribution in [0.15, 0.2) is 42.5 Å². The topological polar surface area (TPSA) is 55.8 Å². The number of hydrogen-bond donors (Lipinski definition) is 0. The largest absolute Gasteiger partial charge is 0.469 e. The van der Waals surface area contributed by atoms with E-state index in [-0.39, 0.29) is 17.7 Å². The van der Waals surface area contributed by atoms with Crippen molar-refractivity contribution in [3.8, 4) is 0 Å². The van der Waals surface area contributed by atoms with Crippen molar-refractivity contribution in [2.45, 2.75) is 39.4 Å². The van der Waals surface area contributed by atoms with Crippen LogP contribution in [0.2, 0.25) is 10.0 Å². The van der Waals surface area contributed by atoms with Crippen LogP contribution in [-0.4, -0.2) is 31.6 Å². The van der Waals surface area contributed by atoms with Crippen molar-refractivity contribution in [2.24, 2.45) is 5.41 Å². The van der Waals surface area contributed by atoms with Gasteiger partial charge in [-0.15, -0.1) is 0 Å². The van der Waals surface area contributed by atoms with Gasteiger partial charge < -0.3 is 14.4 Å². The lowest BCUT2D eigenvalue weighted by atomic mass is 9.94. The molecule has 0 saturated carbocycles. The smallest absolute Gasteiger partial charge is 0.308 e. The molecule has 0 fully saturated rings. The summed E-state index contributed by atoms with van der Waals surface area (Å²) in [7, 11) is 1.29. The van der Waals surface area contributed by atoms with Gasteiger partial charge in [-0.25, -0.2) is 0 Å². The quantitative estimate of drug-likeness (QED) is 0.584. The van der Waals surface area contributed by atoms with E-state index < -0.39 is 18.2 Å². The SMILES string of the molecule is COC(=O)C[C@@H]1O[C@@H](c2ccccc2Cl)c2cc(Cl)ccc2N(CC(C)(C)C)C1=O. The van der Waals surface area contributed by atoms with Crippen LogP contribution in [0.3, 0.4) is 0 Å². The normalized spacial score (nSPS) is 19.3. The molecule has 0 unspecified atom stereocenters. The number of esters is 1. The number of carbonyl (C=O) groups excluding carboxylic acids is 2. The molecular formula is C23H25Cl2NO4. The van der Waals surface area contributed by atoms with Crippen molar-refractivity contribution >= 4 is 40.8 Å². The first kappa shape index (κ1) is 22.6. The average molecular weight is 450 g/mol. The maximum Gasteiger partial charge on any atom is 0.308 e. The second-order valence-electron chi connectivity index (χ2n) is 8.49. The van der Waals surface area contributed by atoms with Crippen LogP contribution in [0, 0.1) is 5.41 Å². The number of nitrogens with zero attached hydrogens (tertiary/aromatic N) is 1. The van der Waals surface area contributed by atoms with E-state index in [4.69, 9.17) is 32.7 Å². The van der Waals surface area contributed by atoms with Crippen LogP contribution in [0.1, 0.15) is 44.4 Å². The van der Waals surface area contributed by atoms with Gasteiger partial charge in [0.05, 0.1) is 13.5 Å². The number of carbonyl (C=O) groups is 2. The van der Waals surface area contributed by atoms with Crippen LogP contribution in [0.5, 0.6) is 0 Å². The summed E-state index contributed by atoms with van der Waals surface area (Å²) in [6, 6.07) is 12.6. The minimum Gasteiger partial charge on any atom is -0.469 e. The van der Waals surface area contributed by atoms with Crippen LogP contribution in [0.25, 0.3) is 0 Å². The Hall–Kier alpha value is -2.08. The van der Waals surface area contributed by atoms with E-state index in [2.05, 4.69) is 0 Å². The van der Waals surface area contributed by atoms with Crippen molar-refractivity contribution in [2.75, 3.05) is 18.6 Å². The number of halogens is 2. The maximum absolute atomic E-state index is 13.5. The third kappa shape index (κ3) is 4.97. The summed E-state index contributed by atoms with van der Waals surface area (Å²) in [5.74, 6) is -0.820. The highest BCUT2D eigenvalue weighted by atomic mass is 35.5. The molecule has 1 aliphatic heterocycles. The van der Waals surface area contributed by atoms with E-state index in [0.717, 1.165) is 5.56 Å². The molecule has 0 spiro atoms. The fourth-order valence-corrected chi connectivity index (χ4v) is 3.92. The molecule has 1 amide bonds. The summed E-state index contributed by atoms with van der Waals surface area (Å²) in [4.78, 5) is 27.2. The number of amides is 1. The minimum atomic E-state index is -1.02. The fraction of sp³-hybridized carbons (Fsp3) is 0.391. The Morgan fingerprint density at radius 2 is 1.83 bits per heavy atom. The predicted molar refractivity (Wildman–Crippen MR) is 118 cm³/mol. The highest BCUT2D eigenvalue weighted by molar-refractivity contribution is 6.31. The minimum absolute atomic E-state index is 0.188. The number of methoxy groups -OCH3 is 1. The molecule has 0 radical (unpaired) electrons. The van der Waals surface area contributed by atoms with Crippen LogP contribution >= 0.6 is 23.2 Å². The standard InChI is InChI=1S/C23H25Cl2NO4/c1-23(2,3)13-26-18-10-9-14(24)11-16(18)21(15-7-5-6-8-17(15)25)30-19(22(26)28)12-20(27)29-4/h5-11,19,21H,12-13H2,1-4H3/t19-,21-/m0/s1. The molecule has 0 aromatic heterocycles. The number of hydrogen-bond acceptors (Lipinski definition) is 4. The number of fused-ring (bicyclic) bond motifs is 1. The lowest BCUT2D eigenvalue weighted by molar-refractivity contribution is -0.149.